The van der Waals surface area contributed by atoms with E-state index >= 15 is 0 Å². The number of unbranched alkanes of at least 4 members (excludes halogenated alkanes) is 2. The van der Waals surface area contributed by atoms with Crippen LogP contribution in [0.4, 0.5) is 11.5 Å². The fourth-order valence-corrected chi connectivity index (χ4v) is 3.23. The molecule has 11 nitrogen and oxygen atoms in total. The van der Waals surface area contributed by atoms with Crippen LogP contribution >= 0.6 is 0 Å². The number of aliphatic carboxylic acids is 1. The number of rotatable bonds is 14. The molecule has 2 rings (SSSR count). The first kappa shape index (κ1) is 30.0. The molecule has 1 atom stereocenters. The molecule has 1 heterocycles. The second-order valence-electron chi connectivity index (χ2n) is 7.80. The predicted molar refractivity (Wildman–Crippen MR) is 125 cm³/mol. The zero-order valence-corrected chi connectivity index (χ0v) is 22.0. The van der Waals surface area contributed by atoms with Gasteiger partial charge in [0.15, 0.2) is 0 Å². The molecule has 12 heteroatoms. The second kappa shape index (κ2) is 15.8. The van der Waals surface area contributed by atoms with E-state index in [-0.39, 0.29) is 54.1 Å². The van der Waals surface area contributed by atoms with E-state index in [2.05, 4.69) is 20.9 Å². The Balaban J connectivity index is 0.00000612. The monoisotopic (exact) mass is 494 g/mol. The van der Waals surface area contributed by atoms with Gasteiger partial charge >= 0.3 is 35.5 Å². The zero-order valence-electron chi connectivity index (χ0n) is 20.0. The molecule has 182 valence electrons. The van der Waals surface area contributed by atoms with Gasteiger partial charge in [-0.05, 0) is 43.0 Å². The largest absolute Gasteiger partial charge is 1.00 e. The topological polar surface area (TPSA) is 164 Å². The Morgan fingerprint density at radius 3 is 2.57 bits per heavy atom. The van der Waals surface area contributed by atoms with Crippen LogP contribution in [0.1, 0.15) is 49.3 Å². The van der Waals surface area contributed by atoms with E-state index < -0.39 is 29.3 Å². The van der Waals surface area contributed by atoms with Crippen LogP contribution in [-0.4, -0.2) is 45.9 Å². The van der Waals surface area contributed by atoms with E-state index in [1.807, 2.05) is 19.1 Å². The fourth-order valence-electron chi connectivity index (χ4n) is 3.23. The average molecular weight is 495 g/mol. The number of nitro benzene ring substituents is 1. The van der Waals surface area contributed by atoms with Crippen molar-refractivity contribution >= 4 is 29.3 Å². The third-order valence-electron chi connectivity index (χ3n) is 4.95. The quantitative estimate of drug-likeness (QED) is 0.121. The molecule has 2 aromatic rings. The fraction of sp³-hybridized carbons (Fsp3) is 0.391. The molecule has 0 radical (unpaired) electrons. The second-order valence-corrected chi connectivity index (χ2v) is 7.80. The number of anilines is 1. The van der Waals surface area contributed by atoms with Crippen molar-refractivity contribution in [2.45, 2.75) is 45.1 Å². The molecule has 1 aromatic carbocycles. The summed E-state index contributed by atoms with van der Waals surface area (Å²) in [4.78, 5) is 50.0. The van der Waals surface area contributed by atoms with Gasteiger partial charge in [0, 0.05) is 31.3 Å². The summed E-state index contributed by atoms with van der Waals surface area (Å²) in [6.45, 7) is 2.42. The summed E-state index contributed by atoms with van der Waals surface area (Å²) in [6, 6.07) is 8.34. The number of carbonyl (C=O) groups is 3. The molecule has 2 amide bonds. The van der Waals surface area contributed by atoms with Gasteiger partial charge in [0.25, 0.3) is 5.69 Å². The first-order valence-corrected chi connectivity index (χ1v) is 10.9. The molecule has 0 fully saturated rings. The standard InChI is InChI=1S/C23H29N5O6.Na/c1-16-9-11-25-20(12-16)24-10-4-2-3-8-21(29)26-15-22(30)27-19(14-23(31)32)17-6-5-7-18(13-17)28(33)34;/h5-7,9,11-13,19H,2-4,8,10,14-15H2,1H3,(H,24,25)(H,26,29)(H,27,30)(H,31,32);/q;+1. The van der Waals surface area contributed by atoms with E-state index in [1.54, 1.807) is 6.20 Å². The number of carboxylic acids is 1. The van der Waals surface area contributed by atoms with Gasteiger partial charge in [-0.2, -0.15) is 0 Å². The minimum Gasteiger partial charge on any atom is -0.481 e. The van der Waals surface area contributed by atoms with Gasteiger partial charge in [0.1, 0.15) is 5.82 Å². The van der Waals surface area contributed by atoms with Crippen molar-refractivity contribution in [3.63, 3.8) is 0 Å². The van der Waals surface area contributed by atoms with Crippen LogP contribution in [0, 0.1) is 17.0 Å². The van der Waals surface area contributed by atoms with E-state index in [4.69, 9.17) is 5.11 Å². The van der Waals surface area contributed by atoms with Crippen molar-refractivity contribution in [1.29, 1.82) is 0 Å². The average Bonchev–Trinajstić information content (AvgIpc) is 2.79. The Morgan fingerprint density at radius 2 is 1.89 bits per heavy atom. The van der Waals surface area contributed by atoms with E-state index in [9.17, 15) is 24.5 Å². The first-order valence-electron chi connectivity index (χ1n) is 10.9. The molecule has 35 heavy (non-hydrogen) atoms. The molecule has 0 aliphatic carbocycles. The minimum absolute atomic E-state index is 0. The number of hydrogen-bond donors (Lipinski definition) is 4. The van der Waals surface area contributed by atoms with E-state index in [0.29, 0.717) is 12.0 Å². The van der Waals surface area contributed by atoms with Crippen molar-refractivity contribution in [3.05, 3.63) is 63.8 Å². The van der Waals surface area contributed by atoms with Crippen LogP contribution in [0.5, 0.6) is 0 Å². The van der Waals surface area contributed by atoms with Gasteiger partial charge in [0.2, 0.25) is 11.8 Å². The number of carbonyl (C=O) groups excluding carboxylic acids is 2. The maximum absolute atomic E-state index is 12.2. The molecule has 0 spiro atoms. The van der Waals surface area contributed by atoms with E-state index in [1.165, 1.54) is 24.3 Å². The summed E-state index contributed by atoms with van der Waals surface area (Å²) in [7, 11) is 0. The maximum Gasteiger partial charge on any atom is 1.00 e. The van der Waals surface area contributed by atoms with Crippen LogP contribution in [0.25, 0.3) is 0 Å². The Kier molecular flexibility index (Phi) is 13.5. The summed E-state index contributed by atoms with van der Waals surface area (Å²) in [5.74, 6) is -1.22. The number of nitrogens with one attached hydrogen (secondary N) is 3. The molecule has 1 aromatic heterocycles. The number of aromatic nitrogens is 1. The Hall–Kier alpha value is -3.02. The number of pyridine rings is 1. The first-order chi connectivity index (χ1) is 16.2. The van der Waals surface area contributed by atoms with Crippen molar-refractivity contribution < 1.29 is 54.0 Å². The number of nitro groups is 1. The van der Waals surface area contributed by atoms with Gasteiger partial charge in [-0.15, -0.1) is 0 Å². The van der Waals surface area contributed by atoms with Crippen LogP contribution < -0.4 is 45.5 Å². The van der Waals surface area contributed by atoms with Crippen LogP contribution in [-0.2, 0) is 14.4 Å². The summed E-state index contributed by atoms with van der Waals surface area (Å²) in [5.41, 5.74) is 1.21. The number of amides is 2. The van der Waals surface area contributed by atoms with Crippen molar-refractivity contribution in [2.75, 3.05) is 18.4 Å². The molecule has 0 aliphatic heterocycles. The van der Waals surface area contributed by atoms with Crippen molar-refractivity contribution in [1.82, 2.24) is 15.6 Å². The SMILES string of the molecule is Cc1ccnc(NCCCCCC(=O)NCC(=O)NC(CC(=O)O)c2cccc([N+](=O)[O-])c2)c1.[Na+]. The maximum atomic E-state index is 12.2. The Morgan fingerprint density at radius 1 is 1.11 bits per heavy atom. The number of carboxylic acid groups (broad SMARTS) is 1. The van der Waals surface area contributed by atoms with E-state index in [0.717, 1.165) is 30.8 Å². The van der Waals surface area contributed by atoms with Crippen LogP contribution in [0.3, 0.4) is 0 Å². The van der Waals surface area contributed by atoms with Gasteiger partial charge < -0.3 is 21.1 Å². The van der Waals surface area contributed by atoms with Gasteiger partial charge in [-0.1, -0.05) is 18.6 Å². The number of benzene rings is 1. The van der Waals surface area contributed by atoms with Gasteiger partial charge in [0.05, 0.1) is 23.9 Å². The third-order valence-corrected chi connectivity index (χ3v) is 4.95. The molecule has 4 N–H and O–H groups in total. The minimum atomic E-state index is -1.17. The summed E-state index contributed by atoms with van der Waals surface area (Å²) >= 11 is 0. The molecule has 0 bridgehead atoms. The van der Waals surface area contributed by atoms with Crippen LogP contribution in [0.15, 0.2) is 42.6 Å². The predicted octanol–water partition coefficient (Wildman–Crippen LogP) is -0.277. The smallest absolute Gasteiger partial charge is 0.481 e. The summed E-state index contributed by atoms with van der Waals surface area (Å²) < 4.78 is 0. The number of nitrogens with zero attached hydrogens (tertiary/aromatic N) is 2. The molecular formula is C23H29N5NaO6+. The molecular weight excluding hydrogens is 465 g/mol. The van der Waals surface area contributed by atoms with Gasteiger partial charge in [-0.3, -0.25) is 24.5 Å². The third kappa shape index (κ3) is 11.8. The molecule has 0 saturated heterocycles. The summed E-state index contributed by atoms with van der Waals surface area (Å²) in [6.07, 6.45) is 3.90. The van der Waals surface area contributed by atoms with Gasteiger partial charge in [-0.25, -0.2) is 4.98 Å². The normalized spacial score (nSPS) is 11.0. The Bertz CT molecular complexity index is 1020. The Labute approximate surface area is 225 Å². The number of hydrogen-bond acceptors (Lipinski definition) is 7. The van der Waals surface area contributed by atoms with Crippen molar-refractivity contribution in [3.8, 4) is 0 Å². The molecule has 0 saturated carbocycles. The summed E-state index contributed by atoms with van der Waals surface area (Å²) in [5, 5.41) is 28.4. The zero-order chi connectivity index (χ0) is 24.9. The molecule has 1 unspecified atom stereocenters. The van der Waals surface area contributed by atoms with Crippen LogP contribution in [0.2, 0.25) is 0 Å². The molecule has 0 aliphatic rings. The number of aryl methyl sites for hydroxylation is 1. The van der Waals surface area contributed by atoms with Crippen molar-refractivity contribution in [2.24, 2.45) is 0 Å². The number of non-ortho nitro benzene ring substituents is 1.